The van der Waals surface area contributed by atoms with Crippen LogP contribution in [0.2, 0.25) is 0 Å². The Labute approximate surface area is 571 Å². The number of carbonyl (C=O) groups excluding carboxylic acids is 2. The minimum absolute atomic E-state index is 0.000203. The van der Waals surface area contributed by atoms with E-state index in [0.29, 0.717) is 109 Å². The zero-order valence-electron chi connectivity index (χ0n) is 53.8. The molecular formula is C74H60F6N12O9. The third kappa shape index (κ3) is 13.5. The highest BCUT2D eigenvalue weighted by atomic mass is 19.1. The van der Waals surface area contributed by atoms with Crippen LogP contribution < -0.4 is 9.47 Å². The van der Waals surface area contributed by atoms with Crippen molar-refractivity contribution in [2.24, 2.45) is 0 Å². The van der Waals surface area contributed by atoms with Crippen LogP contribution in [0, 0.1) is 34.9 Å². The SMILES string of the molecule is O=C(OC(=O)c1ccc2nc(Cc3cc(F)c(-c4cccc(OCc5ccc(-c6cn([C@H]7CCOC7)nn6)cc5F)n4)cc3F)n(C[C@@H]3CCO3)c2c1)c1ccc2nc(Cc3cc(F)c(-c4cccc(OCc5ccc(-c6cn([C@H]7CCOC7)nn6)cc5F)n4)cc3F)n(C[C@@H]3CCO3)c2c1. The highest BCUT2D eigenvalue weighted by Crippen LogP contribution is 2.34. The quantitative estimate of drug-likeness (QED) is 0.0349. The van der Waals surface area contributed by atoms with Gasteiger partial charge in [-0.3, -0.25) is 0 Å². The van der Waals surface area contributed by atoms with Crippen LogP contribution in [0.15, 0.2) is 146 Å². The minimum Gasteiger partial charge on any atom is -0.473 e. The van der Waals surface area contributed by atoms with Gasteiger partial charge in [0, 0.05) is 84.8 Å². The largest absolute Gasteiger partial charge is 0.473 e. The lowest BCUT2D eigenvalue weighted by molar-refractivity contribution is -0.0591. The molecule has 10 heterocycles. The molecule has 512 valence electrons. The number of imidazole rings is 2. The van der Waals surface area contributed by atoms with Crippen LogP contribution in [-0.4, -0.2) is 123 Å². The molecule has 16 rings (SSSR count). The Kier molecular flexibility index (Phi) is 17.7. The zero-order chi connectivity index (χ0) is 68.8. The molecule has 4 aliphatic heterocycles. The lowest BCUT2D eigenvalue weighted by atomic mass is 10.0. The van der Waals surface area contributed by atoms with Crippen LogP contribution in [-0.2, 0) is 62.8 Å². The van der Waals surface area contributed by atoms with Crippen molar-refractivity contribution in [3.63, 3.8) is 0 Å². The number of pyridine rings is 2. The first-order valence-electron chi connectivity index (χ1n) is 32.9. The maximum Gasteiger partial charge on any atom is 0.346 e. The number of rotatable bonds is 22. The molecule has 0 bridgehead atoms. The van der Waals surface area contributed by atoms with Crippen molar-refractivity contribution >= 4 is 34.0 Å². The summed E-state index contributed by atoms with van der Waals surface area (Å²) >= 11 is 0. The molecule has 0 aliphatic carbocycles. The smallest absolute Gasteiger partial charge is 0.346 e. The molecule has 0 radical (unpaired) electrons. The van der Waals surface area contributed by atoms with Gasteiger partial charge in [0.15, 0.2) is 0 Å². The highest BCUT2D eigenvalue weighted by molar-refractivity contribution is 6.05. The summed E-state index contributed by atoms with van der Waals surface area (Å²) in [7, 11) is 0. The van der Waals surface area contributed by atoms with E-state index in [1.54, 1.807) is 79.4 Å². The molecule has 4 fully saturated rings. The number of halogens is 6. The fraction of sp³-hybridized carbons (Fsp3) is 0.270. The van der Waals surface area contributed by atoms with Crippen LogP contribution in [0.1, 0.15) is 92.4 Å². The fourth-order valence-electron chi connectivity index (χ4n) is 12.8. The maximum atomic E-state index is 16.3. The third-order valence-corrected chi connectivity index (χ3v) is 18.7. The van der Waals surface area contributed by atoms with E-state index in [0.717, 1.165) is 37.1 Å². The van der Waals surface area contributed by atoms with Crippen LogP contribution in [0.4, 0.5) is 26.3 Å². The van der Waals surface area contributed by atoms with Crippen molar-refractivity contribution in [1.82, 2.24) is 59.1 Å². The molecule has 101 heavy (non-hydrogen) atoms. The van der Waals surface area contributed by atoms with E-state index in [-0.39, 0.29) is 131 Å². The van der Waals surface area contributed by atoms with Crippen LogP contribution in [0.5, 0.6) is 11.8 Å². The number of carbonyl (C=O) groups is 2. The van der Waals surface area contributed by atoms with Crippen molar-refractivity contribution in [2.75, 3.05) is 39.6 Å². The van der Waals surface area contributed by atoms with Gasteiger partial charge in [0.25, 0.3) is 0 Å². The van der Waals surface area contributed by atoms with Crippen molar-refractivity contribution in [3.05, 3.63) is 226 Å². The number of benzene rings is 6. The molecule has 0 amide bonds. The Balaban J connectivity index is 0.582. The molecule has 4 atom stereocenters. The number of nitrogens with zero attached hydrogens (tertiary/aromatic N) is 12. The van der Waals surface area contributed by atoms with E-state index in [2.05, 4.69) is 30.6 Å². The van der Waals surface area contributed by atoms with E-state index in [1.807, 2.05) is 0 Å². The number of ether oxygens (including phenoxy) is 7. The highest BCUT2D eigenvalue weighted by Gasteiger charge is 2.29. The Hall–Kier alpha value is -11.0. The van der Waals surface area contributed by atoms with Gasteiger partial charge in [-0.15, -0.1) is 10.2 Å². The van der Waals surface area contributed by atoms with Crippen LogP contribution >= 0.6 is 0 Å². The molecule has 4 saturated heterocycles. The molecule has 0 N–H and O–H groups in total. The maximum absolute atomic E-state index is 16.3. The molecule has 27 heteroatoms. The topological polar surface area (TPSA) is 222 Å². The first-order valence-corrected chi connectivity index (χ1v) is 32.9. The second kappa shape index (κ2) is 27.6. The summed E-state index contributed by atoms with van der Waals surface area (Å²) in [4.78, 5) is 46.4. The summed E-state index contributed by atoms with van der Waals surface area (Å²) in [5.41, 5.74) is 4.17. The Morgan fingerprint density at radius 3 is 1.31 bits per heavy atom. The van der Waals surface area contributed by atoms with E-state index < -0.39 is 46.8 Å². The Bertz CT molecular complexity index is 4860. The fourth-order valence-corrected chi connectivity index (χ4v) is 12.8. The first kappa shape index (κ1) is 64.7. The van der Waals surface area contributed by atoms with Gasteiger partial charge in [-0.1, -0.05) is 46.8 Å². The van der Waals surface area contributed by atoms with Gasteiger partial charge in [0.05, 0.1) is 108 Å². The summed E-state index contributed by atoms with van der Waals surface area (Å²) in [5.74, 6) is -5.26. The molecule has 21 nitrogen and oxygen atoms in total. The Morgan fingerprint density at radius 1 is 0.455 bits per heavy atom. The molecular weight excluding hydrogens is 1310 g/mol. The van der Waals surface area contributed by atoms with Gasteiger partial charge in [-0.25, -0.2) is 65.2 Å². The van der Waals surface area contributed by atoms with E-state index in [1.165, 1.54) is 60.7 Å². The molecule has 6 aromatic heterocycles. The minimum atomic E-state index is -0.981. The standard InChI is InChI=1S/C74H60F6N12O9/c75-55-23-41(65-35-91(87-85-65)49-15-19-95-39-49)7-9-45(55)37-99-71-5-1-3-61(83-71)53-31-57(77)47(25-59(53)79)29-69-81-63-13-11-43(27-67(63)89(69)33-51-17-21-97-51)73(93)101-74(94)44-12-14-64-68(28-44)90(34-52-18-22-98-52)70(82-64)30-48-26-60(80)54(32-58(48)78)62-4-2-6-72(84-62)100-38-46-10-8-42(24-56(46)76)66-36-92(88-86-66)50-16-20-96-40-50/h1-14,23-28,31-32,35-36,49-52H,15-22,29-30,33-34,37-40H2/t49-,50-,51-,52-/m0/s1. The second-order valence-electron chi connectivity index (χ2n) is 25.2. The van der Waals surface area contributed by atoms with Crippen LogP contribution in [0.25, 0.3) is 67.1 Å². The molecule has 0 unspecified atom stereocenters. The summed E-state index contributed by atoms with van der Waals surface area (Å²) in [5, 5.41) is 16.8. The number of fused-ring (bicyclic) bond motifs is 2. The summed E-state index contributed by atoms with van der Waals surface area (Å²) in [6, 6.07) is 32.0. The van der Waals surface area contributed by atoms with Gasteiger partial charge in [0.1, 0.15) is 71.2 Å². The number of hydrogen-bond donors (Lipinski definition) is 0. The third-order valence-electron chi connectivity index (χ3n) is 18.7. The average Bonchev–Trinajstić information content (AvgIpc) is 1.57. The zero-order valence-corrected chi connectivity index (χ0v) is 53.8. The lowest BCUT2D eigenvalue weighted by Crippen LogP contribution is -2.31. The summed E-state index contributed by atoms with van der Waals surface area (Å²) in [6.07, 6.45) is 5.77. The summed E-state index contributed by atoms with van der Waals surface area (Å²) in [6.45, 7) is 3.53. The van der Waals surface area contributed by atoms with Crippen LogP contribution in [0.3, 0.4) is 0 Å². The van der Waals surface area contributed by atoms with Gasteiger partial charge in [-0.2, -0.15) is 0 Å². The van der Waals surface area contributed by atoms with Crippen molar-refractivity contribution < 1.29 is 69.1 Å². The average molecular weight is 1380 g/mol. The molecule has 0 saturated carbocycles. The molecule has 12 aromatic rings. The van der Waals surface area contributed by atoms with E-state index in [9.17, 15) is 9.59 Å². The molecule has 6 aromatic carbocycles. The molecule has 0 spiro atoms. The summed E-state index contributed by atoms with van der Waals surface area (Å²) < 4.78 is 143. The normalized spacial score (nSPS) is 17.4. The van der Waals surface area contributed by atoms with Crippen molar-refractivity contribution in [2.45, 2.75) is 89.1 Å². The predicted octanol–water partition coefficient (Wildman–Crippen LogP) is 12.7. The van der Waals surface area contributed by atoms with Crippen molar-refractivity contribution in [3.8, 4) is 56.8 Å². The van der Waals surface area contributed by atoms with Gasteiger partial charge < -0.3 is 42.3 Å². The lowest BCUT2D eigenvalue weighted by Gasteiger charge is -2.27. The monoisotopic (exact) mass is 1370 g/mol. The second-order valence-corrected chi connectivity index (χ2v) is 25.2. The van der Waals surface area contributed by atoms with Gasteiger partial charge >= 0.3 is 11.9 Å². The van der Waals surface area contributed by atoms with Crippen molar-refractivity contribution in [1.29, 1.82) is 0 Å². The first-order chi connectivity index (χ1) is 49.2. The Morgan fingerprint density at radius 2 is 0.901 bits per heavy atom. The number of esters is 2. The number of aromatic nitrogens is 12. The van der Waals surface area contributed by atoms with E-state index in [4.69, 9.17) is 43.1 Å². The van der Waals surface area contributed by atoms with Gasteiger partial charge in [-0.05, 0) is 122 Å². The number of hydrogen-bond acceptors (Lipinski definition) is 17. The van der Waals surface area contributed by atoms with Gasteiger partial charge in [0.2, 0.25) is 11.8 Å². The molecule has 4 aliphatic rings. The predicted molar refractivity (Wildman–Crippen MR) is 351 cm³/mol. The van der Waals surface area contributed by atoms with E-state index >= 15 is 26.3 Å².